The summed E-state index contributed by atoms with van der Waals surface area (Å²) in [5.41, 5.74) is 2.14. The number of carbonyl (C=O) groups is 2. The number of esters is 1. The van der Waals surface area contributed by atoms with E-state index in [1.54, 1.807) is 54.6 Å². The molecule has 1 fully saturated rings. The molecule has 0 N–H and O–H groups in total. The average Bonchev–Trinajstić information content (AvgIpc) is 3.08. The molecule has 9 nitrogen and oxygen atoms in total. The molecule has 0 spiro atoms. The molecule has 5 atom stereocenters. The second kappa shape index (κ2) is 16.2. The third-order valence-electron chi connectivity index (χ3n) is 7.03. The van der Waals surface area contributed by atoms with Gasteiger partial charge in [-0.3, -0.25) is 0 Å². The van der Waals surface area contributed by atoms with Gasteiger partial charge in [0.15, 0.2) is 12.4 Å². The van der Waals surface area contributed by atoms with Crippen LogP contribution < -0.4 is 4.74 Å². The van der Waals surface area contributed by atoms with Gasteiger partial charge < -0.3 is 33.2 Å². The van der Waals surface area contributed by atoms with Gasteiger partial charge in [-0.1, -0.05) is 90.5 Å². The van der Waals surface area contributed by atoms with Crippen molar-refractivity contribution < 1.29 is 42.7 Å². The molecule has 10 heteroatoms. The first-order chi connectivity index (χ1) is 22.0. The lowest BCUT2D eigenvalue weighted by Crippen LogP contribution is -2.62. The minimum atomic E-state index is -1.07. The minimum absolute atomic E-state index is 0.179. The Labute approximate surface area is 266 Å². The molecule has 0 radical (unpaired) electrons. The van der Waals surface area contributed by atoms with Gasteiger partial charge in [-0.05, 0) is 47.5 Å². The van der Waals surface area contributed by atoms with Gasteiger partial charge in [0.05, 0.1) is 18.8 Å². The van der Waals surface area contributed by atoms with Crippen LogP contribution in [0.25, 0.3) is 0 Å². The van der Waals surface area contributed by atoms with Crippen molar-refractivity contribution in [3.8, 4) is 5.75 Å². The number of ether oxygens (including phenoxy) is 7. The third-order valence-corrected chi connectivity index (χ3v) is 7.28. The Morgan fingerprint density at radius 1 is 0.711 bits per heavy atom. The van der Waals surface area contributed by atoms with Crippen molar-refractivity contribution >= 4 is 23.7 Å². The van der Waals surface area contributed by atoms with Crippen LogP contribution in [0.5, 0.6) is 5.75 Å². The summed E-state index contributed by atoms with van der Waals surface area (Å²) in [5.74, 6) is -0.319. The van der Waals surface area contributed by atoms with Crippen molar-refractivity contribution in [2.75, 3.05) is 13.7 Å². The lowest BCUT2D eigenvalue weighted by Gasteiger charge is -2.44. The Morgan fingerprint density at radius 3 is 1.84 bits per heavy atom. The average molecular weight is 633 g/mol. The molecule has 4 aromatic carbocycles. The summed E-state index contributed by atoms with van der Waals surface area (Å²) in [6, 6.07) is 34.0. The van der Waals surface area contributed by atoms with E-state index in [1.807, 2.05) is 60.7 Å². The maximum atomic E-state index is 13.2. The number of carbonyl (C=O) groups excluding carboxylic acids is 2. The highest BCUT2D eigenvalue weighted by Crippen LogP contribution is 2.31. The van der Waals surface area contributed by atoms with Crippen LogP contribution in [0.3, 0.4) is 0 Å². The van der Waals surface area contributed by atoms with Crippen molar-refractivity contribution in [2.24, 2.45) is 0 Å². The molecular formula is C35H33ClO9. The van der Waals surface area contributed by atoms with Gasteiger partial charge in [-0.2, -0.15) is 0 Å². The highest BCUT2D eigenvalue weighted by Gasteiger charge is 2.50. The first-order valence-corrected chi connectivity index (χ1v) is 14.7. The van der Waals surface area contributed by atoms with Crippen molar-refractivity contribution in [1.29, 1.82) is 0 Å². The van der Waals surface area contributed by atoms with Crippen LogP contribution in [0.4, 0.5) is 4.79 Å². The normalized spacial score (nSPS) is 21.1. The van der Waals surface area contributed by atoms with E-state index in [9.17, 15) is 9.59 Å². The molecule has 5 rings (SSSR count). The summed E-state index contributed by atoms with van der Waals surface area (Å²) >= 11 is 5.93. The van der Waals surface area contributed by atoms with E-state index in [0.717, 1.165) is 11.1 Å². The van der Waals surface area contributed by atoms with Gasteiger partial charge in [0.2, 0.25) is 0 Å². The number of rotatable bonds is 12. The Hall–Kier alpha value is -4.25. The summed E-state index contributed by atoms with van der Waals surface area (Å²) in [4.78, 5) is 25.9. The van der Waals surface area contributed by atoms with Crippen LogP contribution in [0, 0.1) is 0 Å². The Bertz CT molecular complexity index is 1490. The third kappa shape index (κ3) is 9.13. The highest BCUT2D eigenvalue weighted by atomic mass is 35.5. The van der Waals surface area contributed by atoms with Crippen LogP contribution in [-0.2, 0) is 41.6 Å². The van der Waals surface area contributed by atoms with Crippen molar-refractivity contribution in [1.82, 2.24) is 0 Å². The predicted molar refractivity (Wildman–Crippen MR) is 165 cm³/mol. The molecule has 1 aliphatic heterocycles. The monoisotopic (exact) mass is 632 g/mol. The molecule has 0 saturated carbocycles. The van der Waals surface area contributed by atoms with E-state index in [1.165, 1.54) is 7.11 Å². The van der Waals surface area contributed by atoms with Crippen molar-refractivity contribution in [3.05, 3.63) is 137 Å². The number of halogens is 1. The van der Waals surface area contributed by atoms with Crippen molar-refractivity contribution in [3.63, 3.8) is 0 Å². The summed E-state index contributed by atoms with van der Waals surface area (Å²) in [6.45, 7) is 0.0950. The van der Waals surface area contributed by atoms with Crippen LogP contribution >= 0.6 is 11.6 Å². The molecule has 0 amide bonds. The van der Waals surface area contributed by atoms with Crippen LogP contribution in [0.1, 0.15) is 21.5 Å². The minimum Gasteiger partial charge on any atom is -0.450 e. The molecule has 234 valence electrons. The molecule has 0 aromatic heterocycles. The quantitative estimate of drug-likeness (QED) is 0.126. The first-order valence-electron chi connectivity index (χ1n) is 14.4. The predicted octanol–water partition coefficient (Wildman–Crippen LogP) is 6.62. The highest BCUT2D eigenvalue weighted by molar-refractivity contribution is 6.30. The molecule has 0 bridgehead atoms. The maximum Gasteiger partial charge on any atom is 0.513 e. The van der Waals surface area contributed by atoms with E-state index >= 15 is 0 Å². The summed E-state index contributed by atoms with van der Waals surface area (Å²) in [6.07, 6.45) is -5.70. The van der Waals surface area contributed by atoms with E-state index in [-0.39, 0.29) is 25.6 Å². The van der Waals surface area contributed by atoms with Gasteiger partial charge in [0.1, 0.15) is 30.7 Å². The van der Waals surface area contributed by atoms with E-state index in [0.29, 0.717) is 10.6 Å². The summed E-state index contributed by atoms with van der Waals surface area (Å²) < 4.78 is 41.5. The fourth-order valence-corrected chi connectivity index (χ4v) is 4.92. The number of hydrogen-bond acceptors (Lipinski definition) is 9. The summed E-state index contributed by atoms with van der Waals surface area (Å²) in [5, 5.41) is 0.499. The zero-order chi connectivity index (χ0) is 31.4. The fraction of sp³-hybridized carbons (Fsp3) is 0.257. The van der Waals surface area contributed by atoms with Gasteiger partial charge >= 0.3 is 12.1 Å². The smallest absolute Gasteiger partial charge is 0.450 e. The van der Waals surface area contributed by atoms with Crippen molar-refractivity contribution in [2.45, 2.75) is 43.9 Å². The largest absolute Gasteiger partial charge is 0.513 e. The standard InChI is InChI=1S/C35H33ClO9/c1-39-34-32(45-33(37)26-15-9-4-10-16-26)31(41-22-25-13-7-3-8-14-25)30(40-21-24-11-5-2-6-12-24)29(44-34)23-42-35(38)43-28-19-17-27(36)18-20-28/h2-20,29-32,34H,21-23H2,1H3/t29-,30-,31+,32-,34-/m1/s1. The molecule has 4 aromatic rings. The number of methoxy groups -OCH3 is 1. The Morgan fingerprint density at radius 2 is 1.27 bits per heavy atom. The number of hydrogen-bond donors (Lipinski definition) is 0. The zero-order valence-electron chi connectivity index (χ0n) is 24.5. The van der Waals surface area contributed by atoms with Gasteiger partial charge in [0, 0.05) is 12.1 Å². The first kappa shape index (κ1) is 32.2. The molecule has 0 unspecified atom stereocenters. The van der Waals surface area contributed by atoms with E-state index in [2.05, 4.69) is 0 Å². The lowest BCUT2D eigenvalue weighted by atomic mass is 9.97. The Kier molecular flexibility index (Phi) is 11.6. The molecule has 45 heavy (non-hydrogen) atoms. The second-order valence-electron chi connectivity index (χ2n) is 10.2. The molecular weight excluding hydrogens is 600 g/mol. The second-order valence-corrected chi connectivity index (χ2v) is 10.6. The van der Waals surface area contributed by atoms with Gasteiger partial charge in [0.25, 0.3) is 0 Å². The molecule has 1 saturated heterocycles. The topological polar surface area (TPSA) is 98.8 Å². The fourth-order valence-electron chi connectivity index (χ4n) is 4.80. The molecule has 1 aliphatic rings. The van der Waals surface area contributed by atoms with Crippen LogP contribution in [0.2, 0.25) is 5.02 Å². The number of benzene rings is 4. The van der Waals surface area contributed by atoms with Gasteiger partial charge in [-0.25, -0.2) is 9.59 Å². The summed E-state index contributed by atoms with van der Waals surface area (Å²) in [7, 11) is 1.43. The lowest BCUT2D eigenvalue weighted by molar-refractivity contribution is -0.310. The zero-order valence-corrected chi connectivity index (χ0v) is 25.3. The van der Waals surface area contributed by atoms with E-state index in [4.69, 9.17) is 44.8 Å². The maximum absolute atomic E-state index is 13.2. The van der Waals surface area contributed by atoms with E-state index < -0.39 is 42.8 Å². The SMILES string of the molecule is CO[C@@H]1O[C@H](COC(=O)Oc2ccc(Cl)cc2)[C@@H](OCc2ccccc2)[C@H](OCc2ccccc2)[C@H]1OC(=O)c1ccccc1. The van der Waals surface area contributed by atoms with Gasteiger partial charge in [-0.15, -0.1) is 0 Å². The Balaban J connectivity index is 1.40. The van der Waals surface area contributed by atoms with Crippen LogP contribution in [0.15, 0.2) is 115 Å². The van der Waals surface area contributed by atoms with Crippen LogP contribution in [-0.4, -0.2) is 56.5 Å². The molecule has 0 aliphatic carbocycles. The molecule has 1 heterocycles.